The molecule has 1 fully saturated rings. The SMILES string of the molecule is Cc1occc1C(=O)OCC(=O)Nc1cc(C(F)(F)F)ccc1N1CCOCC1. The first-order valence-electron chi connectivity index (χ1n) is 8.80. The van der Waals surface area contributed by atoms with Gasteiger partial charge in [0, 0.05) is 13.1 Å². The molecule has 0 aliphatic carbocycles. The number of nitrogens with one attached hydrogen (secondary N) is 1. The van der Waals surface area contributed by atoms with Gasteiger partial charge in [-0.25, -0.2) is 4.79 Å². The Labute approximate surface area is 164 Å². The number of nitrogens with zero attached hydrogens (tertiary/aromatic N) is 1. The second-order valence-corrected chi connectivity index (χ2v) is 6.34. The molecule has 1 aromatic heterocycles. The lowest BCUT2D eigenvalue weighted by molar-refractivity contribution is -0.137. The van der Waals surface area contributed by atoms with Gasteiger partial charge in [0.1, 0.15) is 11.3 Å². The third-order valence-corrected chi connectivity index (χ3v) is 4.36. The number of amides is 1. The molecule has 0 unspecified atom stereocenters. The molecule has 156 valence electrons. The molecule has 1 aromatic carbocycles. The minimum Gasteiger partial charge on any atom is -0.469 e. The van der Waals surface area contributed by atoms with Gasteiger partial charge in [0.15, 0.2) is 6.61 Å². The standard InChI is InChI=1S/C19H19F3N2O5/c1-12-14(4-7-28-12)18(26)29-11-17(25)23-15-10-13(19(20,21)22)2-3-16(15)24-5-8-27-9-6-24/h2-4,7,10H,5-6,8-9,11H2,1H3,(H,23,25). The molecule has 0 spiro atoms. The van der Waals surface area contributed by atoms with Crippen molar-refractivity contribution in [1.29, 1.82) is 0 Å². The highest BCUT2D eigenvalue weighted by Gasteiger charge is 2.32. The van der Waals surface area contributed by atoms with Gasteiger partial charge in [-0.3, -0.25) is 4.79 Å². The van der Waals surface area contributed by atoms with Crippen LogP contribution < -0.4 is 10.2 Å². The Morgan fingerprint density at radius 1 is 1.21 bits per heavy atom. The number of carbonyl (C=O) groups is 2. The average molecular weight is 412 g/mol. The van der Waals surface area contributed by atoms with E-state index in [1.165, 1.54) is 18.4 Å². The van der Waals surface area contributed by atoms with Crippen LogP contribution in [0.1, 0.15) is 21.7 Å². The van der Waals surface area contributed by atoms with Crippen LogP contribution in [0, 0.1) is 6.92 Å². The molecular formula is C19H19F3N2O5. The van der Waals surface area contributed by atoms with Gasteiger partial charge in [-0.15, -0.1) is 0 Å². The van der Waals surface area contributed by atoms with Crippen molar-refractivity contribution >= 4 is 23.3 Å². The van der Waals surface area contributed by atoms with E-state index in [0.717, 1.165) is 12.1 Å². The predicted octanol–water partition coefficient (Wildman–Crippen LogP) is 3.24. The lowest BCUT2D eigenvalue weighted by atomic mass is 10.1. The van der Waals surface area contributed by atoms with E-state index < -0.39 is 30.2 Å². The van der Waals surface area contributed by atoms with Crippen LogP contribution in [0.5, 0.6) is 0 Å². The number of alkyl halides is 3. The summed E-state index contributed by atoms with van der Waals surface area (Å²) in [6.45, 7) is 2.72. The number of hydrogen-bond acceptors (Lipinski definition) is 6. The van der Waals surface area contributed by atoms with E-state index in [1.807, 2.05) is 4.90 Å². The van der Waals surface area contributed by atoms with Crippen molar-refractivity contribution in [2.45, 2.75) is 13.1 Å². The second kappa shape index (κ2) is 8.56. The summed E-state index contributed by atoms with van der Waals surface area (Å²) in [5.74, 6) is -1.18. The number of benzene rings is 1. The monoisotopic (exact) mass is 412 g/mol. The Morgan fingerprint density at radius 2 is 1.93 bits per heavy atom. The minimum absolute atomic E-state index is 0.0118. The van der Waals surface area contributed by atoms with Crippen molar-refractivity contribution in [2.75, 3.05) is 43.1 Å². The molecule has 0 atom stereocenters. The average Bonchev–Trinajstić information content (AvgIpc) is 3.12. The largest absolute Gasteiger partial charge is 0.469 e. The van der Waals surface area contributed by atoms with Gasteiger partial charge in [-0.2, -0.15) is 13.2 Å². The van der Waals surface area contributed by atoms with Gasteiger partial charge in [0.25, 0.3) is 5.91 Å². The van der Waals surface area contributed by atoms with Crippen molar-refractivity contribution in [3.8, 4) is 0 Å². The molecule has 2 aromatic rings. The van der Waals surface area contributed by atoms with Crippen molar-refractivity contribution < 1.29 is 36.7 Å². The number of aryl methyl sites for hydroxylation is 1. The van der Waals surface area contributed by atoms with Gasteiger partial charge in [-0.1, -0.05) is 0 Å². The first-order valence-corrected chi connectivity index (χ1v) is 8.80. The van der Waals surface area contributed by atoms with E-state index in [2.05, 4.69) is 5.32 Å². The number of hydrogen-bond donors (Lipinski definition) is 1. The fourth-order valence-corrected chi connectivity index (χ4v) is 2.88. The van der Waals surface area contributed by atoms with E-state index in [0.29, 0.717) is 37.8 Å². The van der Waals surface area contributed by atoms with Crippen molar-refractivity contribution in [1.82, 2.24) is 0 Å². The van der Waals surface area contributed by atoms with Gasteiger partial charge < -0.3 is 24.1 Å². The summed E-state index contributed by atoms with van der Waals surface area (Å²) >= 11 is 0. The minimum atomic E-state index is -4.56. The number of ether oxygens (including phenoxy) is 2. The molecule has 2 heterocycles. The van der Waals surface area contributed by atoms with Gasteiger partial charge in [0.2, 0.25) is 0 Å². The molecule has 1 aliphatic rings. The maximum Gasteiger partial charge on any atom is 0.416 e. The van der Waals surface area contributed by atoms with Crippen molar-refractivity contribution in [3.63, 3.8) is 0 Å². The maximum absolute atomic E-state index is 13.1. The summed E-state index contributed by atoms with van der Waals surface area (Å²) < 4.78 is 54.5. The van der Waals surface area contributed by atoms with Gasteiger partial charge >= 0.3 is 12.1 Å². The van der Waals surface area contributed by atoms with E-state index in [-0.39, 0.29) is 11.3 Å². The van der Waals surface area contributed by atoms with Crippen LogP contribution in [0.15, 0.2) is 34.9 Å². The summed E-state index contributed by atoms with van der Waals surface area (Å²) in [5, 5.41) is 2.41. The lowest BCUT2D eigenvalue weighted by Gasteiger charge is -2.31. The zero-order chi connectivity index (χ0) is 21.0. The van der Waals surface area contributed by atoms with E-state index >= 15 is 0 Å². The molecular weight excluding hydrogens is 393 g/mol. The van der Waals surface area contributed by atoms with Crippen LogP contribution in [0.3, 0.4) is 0 Å². The number of furan rings is 1. The molecule has 3 rings (SSSR count). The normalized spacial score (nSPS) is 14.6. The third kappa shape index (κ3) is 5.08. The van der Waals surface area contributed by atoms with Crippen molar-refractivity contribution in [3.05, 3.63) is 47.4 Å². The van der Waals surface area contributed by atoms with Crippen LogP contribution >= 0.6 is 0 Å². The molecule has 1 saturated heterocycles. The first-order chi connectivity index (χ1) is 13.8. The van der Waals surface area contributed by atoms with Crippen LogP contribution in [-0.4, -0.2) is 44.8 Å². The Hall–Kier alpha value is -3.01. The summed E-state index contributed by atoms with van der Waals surface area (Å²) in [5.41, 5.74) is -0.296. The molecule has 29 heavy (non-hydrogen) atoms. The van der Waals surface area contributed by atoms with E-state index in [1.54, 1.807) is 6.92 Å². The first kappa shape index (κ1) is 20.7. The molecule has 1 aliphatic heterocycles. The quantitative estimate of drug-likeness (QED) is 0.760. The van der Waals surface area contributed by atoms with Gasteiger partial charge in [-0.05, 0) is 31.2 Å². The fraction of sp³-hybridized carbons (Fsp3) is 0.368. The number of anilines is 2. The highest BCUT2D eigenvalue weighted by atomic mass is 19.4. The number of rotatable bonds is 5. The Balaban J connectivity index is 1.73. The highest BCUT2D eigenvalue weighted by Crippen LogP contribution is 2.35. The van der Waals surface area contributed by atoms with E-state index in [4.69, 9.17) is 13.9 Å². The number of halogens is 3. The third-order valence-electron chi connectivity index (χ3n) is 4.36. The van der Waals surface area contributed by atoms with Crippen LogP contribution in [-0.2, 0) is 20.4 Å². The zero-order valence-corrected chi connectivity index (χ0v) is 15.5. The van der Waals surface area contributed by atoms with Crippen LogP contribution in [0.2, 0.25) is 0 Å². The second-order valence-electron chi connectivity index (χ2n) is 6.34. The number of carbonyl (C=O) groups excluding carboxylic acids is 2. The summed E-state index contributed by atoms with van der Waals surface area (Å²) in [6.07, 6.45) is -3.25. The number of esters is 1. The summed E-state index contributed by atoms with van der Waals surface area (Å²) in [7, 11) is 0. The molecule has 0 radical (unpaired) electrons. The van der Waals surface area contributed by atoms with Crippen LogP contribution in [0.4, 0.5) is 24.5 Å². The smallest absolute Gasteiger partial charge is 0.416 e. The summed E-state index contributed by atoms with van der Waals surface area (Å²) in [6, 6.07) is 4.54. The molecule has 0 saturated carbocycles. The fourth-order valence-electron chi connectivity index (χ4n) is 2.88. The molecule has 1 amide bonds. The Bertz CT molecular complexity index is 888. The lowest BCUT2D eigenvalue weighted by Crippen LogP contribution is -2.37. The predicted molar refractivity (Wildman–Crippen MR) is 96.8 cm³/mol. The molecule has 7 nitrogen and oxygen atoms in total. The molecule has 10 heteroatoms. The highest BCUT2D eigenvalue weighted by molar-refractivity contribution is 5.98. The van der Waals surface area contributed by atoms with Gasteiger partial charge in [0.05, 0.1) is 36.4 Å². The molecule has 1 N–H and O–H groups in total. The molecule has 0 bridgehead atoms. The van der Waals surface area contributed by atoms with Crippen molar-refractivity contribution in [2.24, 2.45) is 0 Å². The Kier molecular flexibility index (Phi) is 6.12. The Morgan fingerprint density at radius 3 is 2.55 bits per heavy atom. The van der Waals surface area contributed by atoms with E-state index in [9.17, 15) is 22.8 Å². The van der Waals surface area contributed by atoms with Crippen LogP contribution in [0.25, 0.3) is 0 Å². The topological polar surface area (TPSA) is 81.0 Å². The maximum atomic E-state index is 13.1. The number of morpholine rings is 1. The zero-order valence-electron chi connectivity index (χ0n) is 15.5. The summed E-state index contributed by atoms with van der Waals surface area (Å²) in [4.78, 5) is 26.0.